The van der Waals surface area contributed by atoms with Crippen LogP contribution in [0.5, 0.6) is 0 Å². The number of hydrogen-bond donors (Lipinski definition) is 1. The van der Waals surface area contributed by atoms with Crippen molar-refractivity contribution in [2.75, 3.05) is 38.5 Å². The molecule has 1 aliphatic rings. The summed E-state index contributed by atoms with van der Waals surface area (Å²) >= 11 is 0. The van der Waals surface area contributed by atoms with E-state index in [0.717, 1.165) is 19.5 Å². The number of nitrogens with one attached hydrogen (secondary N) is 1. The van der Waals surface area contributed by atoms with Crippen LogP contribution in [0.4, 0.5) is 15.2 Å². The average molecular weight is 319 g/mol. The molecule has 1 fully saturated rings. The first kappa shape index (κ1) is 15.4. The molecule has 3 rings (SSSR count). The van der Waals surface area contributed by atoms with Crippen molar-refractivity contribution in [2.24, 2.45) is 0 Å². The molecule has 7 nitrogen and oxygen atoms in total. The van der Waals surface area contributed by atoms with Crippen LogP contribution in [-0.4, -0.2) is 59.3 Å². The molecule has 1 N–H and O–H groups in total. The molecule has 8 heteroatoms. The van der Waals surface area contributed by atoms with Crippen molar-refractivity contribution in [1.82, 2.24) is 20.0 Å². The summed E-state index contributed by atoms with van der Waals surface area (Å²) in [5.74, 6) is -0.108. The van der Waals surface area contributed by atoms with Crippen LogP contribution in [-0.2, 0) is 0 Å². The molecule has 0 aliphatic carbocycles. The molecule has 2 aromatic rings. The molecule has 2 heterocycles. The molecule has 0 unspecified atom stereocenters. The van der Waals surface area contributed by atoms with E-state index in [0.29, 0.717) is 18.7 Å². The van der Waals surface area contributed by atoms with Crippen molar-refractivity contribution in [3.63, 3.8) is 0 Å². The molecular weight excluding hydrogens is 301 g/mol. The summed E-state index contributed by atoms with van der Waals surface area (Å²) in [5, 5.41) is 10.3. The quantitative estimate of drug-likeness (QED) is 0.917. The van der Waals surface area contributed by atoms with Crippen LogP contribution >= 0.6 is 0 Å². The molecule has 1 aromatic heterocycles. The molecule has 122 valence electrons. The van der Waals surface area contributed by atoms with Gasteiger partial charge in [-0.25, -0.2) is 9.18 Å². The summed E-state index contributed by atoms with van der Waals surface area (Å²) in [6.07, 6.45) is 0.925. The van der Waals surface area contributed by atoms with Gasteiger partial charge < -0.3 is 14.2 Å². The maximum Gasteiger partial charge on any atom is 0.325 e. The van der Waals surface area contributed by atoms with Gasteiger partial charge in [0.1, 0.15) is 5.82 Å². The van der Waals surface area contributed by atoms with Crippen LogP contribution in [0.3, 0.4) is 0 Å². The van der Waals surface area contributed by atoms with E-state index in [1.165, 1.54) is 12.1 Å². The predicted molar refractivity (Wildman–Crippen MR) is 82.4 cm³/mol. The lowest BCUT2D eigenvalue weighted by Gasteiger charge is -2.19. The van der Waals surface area contributed by atoms with Gasteiger partial charge in [0.2, 0.25) is 5.89 Å². The van der Waals surface area contributed by atoms with Gasteiger partial charge >= 0.3 is 12.0 Å². The third-order valence-electron chi connectivity index (χ3n) is 3.74. The normalized spacial score (nSPS) is 16.2. The maximum absolute atomic E-state index is 12.9. The Morgan fingerprint density at radius 3 is 2.74 bits per heavy atom. The number of benzene rings is 1. The number of aromatic nitrogens is 2. The molecule has 2 amide bonds. The first-order valence-corrected chi connectivity index (χ1v) is 7.46. The summed E-state index contributed by atoms with van der Waals surface area (Å²) in [7, 11) is 2.04. The monoisotopic (exact) mass is 319 g/mol. The summed E-state index contributed by atoms with van der Waals surface area (Å²) < 4.78 is 18.3. The Morgan fingerprint density at radius 1 is 1.17 bits per heavy atom. The Kier molecular flexibility index (Phi) is 4.52. The Labute approximate surface area is 133 Å². The van der Waals surface area contributed by atoms with Crippen molar-refractivity contribution < 1.29 is 13.6 Å². The number of nitrogens with zero attached hydrogens (tertiary/aromatic N) is 4. The van der Waals surface area contributed by atoms with Gasteiger partial charge in [-0.15, -0.1) is 5.10 Å². The number of hydrogen-bond acceptors (Lipinski definition) is 5. The van der Waals surface area contributed by atoms with Crippen LogP contribution in [0.25, 0.3) is 11.5 Å². The van der Waals surface area contributed by atoms with E-state index < -0.39 is 0 Å². The van der Waals surface area contributed by atoms with Gasteiger partial charge in [-0.2, -0.15) is 0 Å². The molecule has 1 saturated heterocycles. The number of amides is 2. The molecule has 0 radical (unpaired) electrons. The highest BCUT2D eigenvalue weighted by Gasteiger charge is 2.19. The number of halogens is 1. The second-order valence-electron chi connectivity index (χ2n) is 5.49. The fourth-order valence-corrected chi connectivity index (χ4v) is 2.40. The van der Waals surface area contributed by atoms with Crippen LogP contribution in [0.15, 0.2) is 28.7 Å². The summed E-state index contributed by atoms with van der Waals surface area (Å²) in [6.45, 7) is 3.15. The first-order chi connectivity index (χ1) is 11.1. The first-order valence-electron chi connectivity index (χ1n) is 7.46. The molecule has 1 aliphatic heterocycles. The van der Waals surface area contributed by atoms with Crippen molar-refractivity contribution in [3.8, 4) is 11.5 Å². The number of carbonyl (C=O) groups is 1. The summed E-state index contributed by atoms with van der Waals surface area (Å²) in [5.41, 5.74) is 0.593. The lowest BCUT2D eigenvalue weighted by molar-refractivity contribution is 0.212. The molecular formula is C15H18FN5O2. The molecule has 0 atom stereocenters. The van der Waals surface area contributed by atoms with E-state index in [2.05, 4.69) is 20.4 Å². The Hall–Kier alpha value is -2.48. The van der Waals surface area contributed by atoms with Gasteiger partial charge in [0.25, 0.3) is 0 Å². The fraction of sp³-hybridized carbons (Fsp3) is 0.400. The van der Waals surface area contributed by atoms with E-state index in [1.54, 1.807) is 17.0 Å². The van der Waals surface area contributed by atoms with Crippen LogP contribution in [0.1, 0.15) is 6.42 Å². The average Bonchev–Trinajstić information content (AvgIpc) is 2.88. The van der Waals surface area contributed by atoms with E-state index in [9.17, 15) is 9.18 Å². The second kappa shape index (κ2) is 6.74. The lowest BCUT2D eigenvalue weighted by atomic mass is 10.2. The molecule has 0 spiro atoms. The maximum atomic E-state index is 12.9. The van der Waals surface area contributed by atoms with Gasteiger partial charge in [-0.1, -0.05) is 5.10 Å². The third-order valence-corrected chi connectivity index (χ3v) is 3.74. The standard InChI is InChI=1S/C15H18FN5O2/c1-20-7-2-8-21(10-9-20)15(22)17-14-19-18-13(23-14)11-3-5-12(16)6-4-11/h3-6H,2,7-10H2,1H3,(H,17,19,22). The number of urea groups is 1. The topological polar surface area (TPSA) is 74.5 Å². The van der Waals surface area contributed by atoms with Crippen molar-refractivity contribution >= 4 is 12.0 Å². The molecule has 23 heavy (non-hydrogen) atoms. The second-order valence-corrected chi connectivity index (χ2v) is 5.49. The van der Waals surface area contributed by atoms with Crippen LogP contribution < -0.4 is 5.32 Å². The van der Waals surface area contributed by atoms with Gasteiger partial charge in [0.05, 0.1) is 0 Å². The van der Waals surface area contributed by atoms with E-state index >= 15 is 0 Å². The summed E-state index contributed by atoms with van der Waals surface area (Å²) in [6, 6.07) is 5.48. The van der Waals surface area contributed by atoms with Crippen molar-refractivity contribution in [2.45, 2.75) is 6.42 Å². The van der Waals surface area contributed by atoms with Gasteiger partial charge in [0.15, 0.2) is 0 Å². The number of carbonyl (C=O) groups excluding carboxylic acids is 1. The third kappa shape index (κ3) is 3.84. The molecule has 0 saturated carbocycles. The highest BCUT2D eigenvalue weighted by molar-refractivity contribution is 5.87. The Morgan fingerprint density at radius 2 is 1.96 bits per heavy atom. The summed E-state index contributed by atoms with van der Waals surface area (Å²) in [4.78, 5) is 16.2. The molecule has 0 bridgehead atoms. The SMILES string of the molecule is CN1CCCN(C(=O)Nc2nnc(-c3ccc(F)cc3)o2)CC1. The smallest absolute Gasteiger partial charge is 0.325 e. The fourth-order valence-electron chi connectivity index (χ4n) is 2.40. The van der Waals surface area contributed by atoms with Crippen molar-refractivity contribution in [3.05, 3.63) is 30.1 Å². The largest absolute Gasteiger partial charge is 0.403 e. The van der Waals surface area contributed by atoms with Gasteiger partial charge in [0, 0.05) is 25.2 Å². The Balaban J connectivity index is 1.64. The minimum Gasteiger partial charge on any atom is -0.403 e. The molecule has 1 aromatic carbocycles. The van der Waals surface area contributed by atoms with Crippen LogP contribution in [0, 0.1) is 5.82 Å². The minimum absolute atomic E-state index is 0.0342. The number of likely N-dealkylation sites (N-methyl/N-ethyl adjacent to an activating group) is 1. The van der Waals surface area contributed by atoms with Gasteiger partial charge in [-0.3, -0.25) is 5.32 Å². The lowest BCUT2D eigenvalue weighted by Crippen LogP contribution is -2.37. The van der Waals surface area contributed by atoms with E-state index in [-0.39, 0.29) is 23.8 Å². The highest BCUT2D eigenvalue weighted by Crippen LogP contribution is 2.20. The zero-order valence-corrected chi connectivity index (χ0v) is 12.8. The highest BCUT2D eigenvalue weighted by atomic mass is 19.1. The van der Waals surface area contributed by atoms with Crippen molar-refractivity contribution in [1.29, 1.82) is 0 Å². The predicted octanol–water partition coefficient (Wildman–Crippen LogP) is 2.05. The zero-order chi connectivity index (χ0) is 16.2. The van der Waals surface area contributed by atoms with Crippen LogP contribution in [0.2, 0.25) is 0 Å². The van der Waals surface area contributed by atoms with E-state index in [1.807, 2.05) is 7.05 Å². The minimum atomic E-state index is -0.340. The van der Waals surface area contributed by atoms with E-state index in [4.69, 9.17) is 4.42 Å². The number of anilines is 1. The zero-order valence-electron chi connectivity index (χ0n) is 12.8. The Bertz CT molecular complexity index is 673. The number of rotatable bonds is 2. The van der Waals surface area contributed by atoms with Gasteiger partial charge in [-0.05, 0) is 44.3 Å².